The summed E-state index contributed by atoms with van der Waals surface area (Å²) in [7, 11) is 0. The molecule has 0 aliphatic carbocycles. The summed E-state index contributed by atoms with van der Waals surface area (Å²) >= 11 is 3.30. The van der Waals surface area contributed by atoms with Crippen molar-refractivity contribution < 1.29 is 15.3 Å². The van der Waals surface area contributed by atoms with Crippen molar-refractivity contribution in [1.82, 2.24) is 0 Å². The molecule has 0 radical (unpaired) electrons. The maximum Gasteiger partial charge on any atom is 0.179 e. The summed E-state index contributed by atoms with van der Waals surface area (Å²) in [4.78, 5) is -0.221. The molecule has 0 aromatic heterocycles. The van der Waals surface area contributed by atoms with Crippen molar-refractivity contribution in [2.45, 2.75) is 101 Å². The lowest BCUT2D eigenvalue weighted by Crippen LogP contribution is -2.33. The quantitative estimate of drug-likeness (QED) is 0.250. The molecule has 3 N–H and O–H groups in total. The minimum Gasteiger partial charge on any atom is -0.387 e. The number of aliphatic hydroxyl groups is 3. The molecule has 0 saturated carbocycles. The monoisotopic (exact) mass is 352 g/mol. The van der Waals surface area contributed by atoms with Gasteiger partial charge in [0.15, 0.2) is 6.29 Å². The largest absolute Gasteiger partial charge is 0.387 e. The molecule has 0 fully saturated rings. The maximum atomic E-state index is 9.41. The molecule has 0 aromatic carbocycles. The first-order valence-electron chi connectivity index (χ1n) is 8.27. The first-order chi connectivity index (χ1) is 9.59. The van der Waals surface area contributed by atoms with Crippen LogP contribution in [0.4, 0.5) is 0 Å². The molecular formula is C16H33BrO3. The number of hydrogen-bond donors (Lipinski definition) is 3. The van der Waals surface area contributed by atoms with Gasteiger partial charge in [-0.1, -0.05) is 93.5 Å². The molecule has 0 spiro atoms. The minimum absolute atomic E-state index is 0.221. The number of unbranched alkanes of at least 4 members (excludes halogenated alkanes) is 10. The zero-order valence-corrected chi connectivity index (χ0v) is 14.5. The van der Waals surface area contributed by atoms with Gasteiger partial charge in [0, 0.05) is 4.83 Å². The summed E-state index contributed by atoms with van der Waals surface area (Å²) in [6.07, 6.45) is 12.3. The van der Waals surface area contributed by atoms with Gasteiger partial charge in [-0.3, -0.25) is 0 Å². The van der Waals surface area contributed by atoms with Crippen LogP contribution < -0.4 is 0 Å². The van der Waals surface area contributed by atoms with E-state index < -0.39 is 12.4 Å². The molecule has 0 aliphatic rings. The van der Waals surface area contributed by atoms with Crippen LogP contribution in [0.5, 0.6) is 0 Å². The van der Waals surface area contributed by atoms with Gasteiger partial charge in [-0.05, 0) is 6.42 Å². The van der Waals surface area contributed by atoms with Crippen molar-refractivity contribution in [3.05, 3.63) is 0 Å². The molecule has 2 unspecified atom stereocenters. The van der Waals surface area contributed by atoms with Crippen molar-refractivity contribution in [2.75, 3.05) is 0 Å². The molecule has 3 nitrogen and oxygen atoms in total. The van der Waals surface area contributed by atoms with Crippen molar-refractivity contribution in [2.24, 2.45) is 0 Å². The standard InChI is InChI=1S/C16H33BrO3/c1-2-3-4-5-6-7-8-9-10-11-12-13-14(17)15(18)16(19)20/h14-16,18-20H,2-13H2,1H3. The van der Waals surface area contributed by atoms with Gasteiger partial charge in [-0.2, -0.15) is 0 Å². The Morgan fingerprint density at radius 2 is 1.10 bits per heavy atom. The molecule has 4 heteroatoms. The topological polar surface area (TPSA) is 60.7 Å². The van der Waals surface area contributed by atoms with Crippen molar-refractivity contribution in [3.63, 3.8) is 0 Å². The van der Waals surface area contributed by atoms with Gasteiger partial charge < -0.3 is 15.3 Å². The highest BCUT2D eigenvalue weighted by atomic mass is 79.9. The Kier molecular flexibility index (Phi) is 14.6. The first kappa shape index (κ1) is 20.4. The third-order valence-electron chi connectivity index (χ3n) is 3.76. The van der Waals surface area contributed by atoms with Gasteiger partial charge in [0.1, 0.15) is 6.10 Å². The predicted molar refractivity (Wildman–Crippen MR) is 88.0 cm³/mol. The molecule has 0 aromatic rings. The van der Waals surface area contributed by atoms with Gasteiger partial charge in [0.2, 0.25) is 0 Å². The fourth-order valence-corrected chi connectivity index (χ4v) is 2.96. The van der Waals surface area contributed by atoms with E-state index in [1.165, 1.54) is 57.8 Å². The molecule has 0 aliphatic heterocycles. The Labute approximate surface area is 132 Å². The van der Waals surface area contributed by atoms with Crippen LogP contribution in [0.3, 0.4) is 0 Å². The van der Waals surface area contributed by atoms with E-state index in [-0.39, 0.29) is 4.83 Å². The SMILES string of the molecule is CCCCCCCCCCCCCC(Br)C(O)C(O)O. The first-order valence-corrected chi connectivity index (χ1v) is 9.19. The van der Waals surface area contributed by atoms with Gasteiger partial charge in [-0.25, -0.2) is 0 Å². The number of halogens is 1. The lowest BCUT2D eigenvalue weighted by molar-refractivity contribution is -0.121. The fraction of sp³-hybridized carbons (Fsp3) is 1.00. The van der Waals surface area contributed by atoms with E-state index >= 15 is 0 Å². The second-order valence-corrected chi connectivity index (χ2v) is 6.92. The summed E-state index contributed by atoms with van der Waals surface area (Å²) in [5.74, 6) is 0. The van der Waals surface area contributed by atoms with Crippen LogP contribution in [-0.4, -0.2) is 32.5 Å². The Morgan fingerprint density at radius 1 is 0.700 bits per heavy atom. The highest BCUT2D eigenvalue weighted by molar-refractivity contribution is 9.09. The Bertz CT molecular complexity index is 200. The Morgan fingerprint density at radius 3 is 1.50 bits per heavy atom. The summed E-state index contributed by atoms with van der Waals surface area (Å²) in [5.41, 5.74) is 0. The molecule has 0 saturated heterocycles. The Balaban J connectivity index is 3.20. The number of hydrogen-bond acceptors (Lipinski definition) is 3. The smallest absolute Gasteiger partial charge is 0.179 e. The molecule has 122 valence electrons. The Hall–Kier alpha value is 0.360. The van der Waals surface area contributed by atoms with Crippen LogP contribution in [0.25, 0.3) is 0 Å². The summed E-state index contributed by atoms with van der Waals surface area (Å²) in [6.45, 7) is 2.25. The fourth-order valence-electron chi connectivity index (χ4n) is 2.36. The van der Waals surface area contributed by atoms with E-state index in [2.05, 4.69) is 22.9 Å². The molecular weight excluding hydrogens is 320 g/mol. The van der Waals surface area contributed by atoms with Crippen molar-refractivity contribution in [1.29, 1.82) is 0 Å². The molecule has 0 amide bonds. The van der Waals surface area contributed by atoms with Gasteiger partial charge in [-0.15, -0.1) is 0 Å². The summed E-state index contributed by atoms with van der Waals surface area (Å²) < 4.78 is 0. The number of rotatable bonds is 14. The summed E-state index contributed by atoms with van der Waals surface area (Å²) in [5, 5.41) is 27.1. The summed E-state index contributed by atoms with van der Waals surface area (Å²) in [6, 6.07) is 0. The van der Waals surface area contributed by atoms with Gasteiger partial charge in [0.25, 0.3) is 0 Å². The average molecular weight is 353 g/mol. The van der Waals surface area contributed by atoms with Gasteiger partial charge in [0.05, 0.1) is 0 Å². The lowest BCUT2D eigenvalue weighted by Gasteiger charge is -2.18. The van der Waals surface area contributed by atoms with Crippen LogP contribution in [0.2, 0.25) is 0 Å². The highest BCUT2D eigenvalue weighted by Gasteiger charge is 2.21. The average Bonchev–Trinajstić information content (AvgIpc) is 2.43. The normalized spacial score (nSPS) is 14.7. The second kappa shape index (κ2) is 14.3. The van der Waals surface area contributed by atoms with E-state index in [1.54, 1.807) is 0 Å². The van der Waals surface area contributed by atoms with Gasteiger partial charge >= 0.3 is 0 Å². The van der Waals surface area contributed by atoms with E-state index in [9.17, 15) is 5.11 Å². The maximum absolute atomic E-state index is 9.41. The van der Waals surface area contributed by atoms with Crippen molar-refractivity contribution >= 4 is 15.9 Å². The third-order valence-corrected chi connectivity index (χ3v) is 4.76. The number of aliphatic hydroxyl groups excluding tert-OH is 2. The van der Waals surface area contributed by atoms with Crippen LogP contribution in [0.1, 0.15) is 84.0 Å². The molecule has 0 bridgehead atoms. The third kappa shape index (κ3) is 12.1. The molecule has 0 rings (SSSR count). The molecule has 2 atom stereocenters. The van der Waals surface area contributed by atoms with E-state index in [0.717, 1.165) is 19.3 Å². The van der Waals surface area contributed by atoms with Crippen molar-refractivity contribution in [3.8, 4) is 0 Å². The van der Waals surface area contributed by atoms with E-state index in [1.807, 2.05) is 0 Å². The molecule has 20 heavy (non-hydrogen) atoms. The predicted octanol–water partition coefficient (Wildman–Crippen LogP) is 4.12. The lowest BCUT2D eigenvalue weighted by atomic mass is 10.0. The highest BCUT2D eigenvalue weighted by Crippen LogP contribution is 2.18. The zero-order valence-electron chi connectivity index (χ0n) is 12.9. The second-order valence-electron chi connectivity index (χ2n) is 5.74. The molecule has 0 heterocycles. The van der Waals surface area contributed by atoms with E-state index in [0.29, 0.717) is 0 Å². The van der Waals surface area contributed by atoms with Crippen LogP contribution >= 0.6 is 15.9 Å². The van der Waals surface area contributed by atoms with E-state index in [4.69, 9.17) is 10.2 Å². The van der Waals surface area contributed by atoms with Crippen LogP contribution in [0, 0.1) is 0 Å². The van der Waals surface area contributed by atoms with Crippen LogP contribution in [0.15, 0.2) is 0 Å². The zero-order chi connectivity index (χ0) is 15.2. The van der Waals surface area contributed by atoms with Crippen LogP contribution in [-0.2, 0) is 0 Å². The minimum atomic E-state index is -1.65. The number of alkyl halides is 1.